The van der Waals surface area contributed by atoms with Crippen molar-refractivity contribution in [2.75, 3.05) is 42.2 Å². The minimum Gasteiger partial charge on any atom is -0.325 e. The fourth-order valence-corrected chi connectivity index (χ4v) is 5.66. The molecule has 4 rings (SSSR count). The molecule has 29 heavy (non-hydrogen) atoms. The summed E-state index contributed by atoms with van der Waals surface area (Å²) in [6, 6.07) is 11.5. The molecule has 152 valence electrons. The van der Waals surface area contributed by atoms with Crippen LogP contribution in [0.25, 0.3) is 0 Å². The Kier molecular flexibility index (Phi) is 6.91. The number of carbonyl (C=O) groups excluding carboxylic acids is 2. The van der Waals surface area contributed by atoms with E-state index < -0.39 is 0 Å². The number of hydrogen-bond donors (Lipinski definition) is 1. The number of nitrogens with zero attached hydrogens (tertiary/aromatic N) is 3. The standard InChI is InChI=1S/C20H22N4O2S3/c25-18(13-23-7-10-27-11-8-23)21-15-3-5-16(6-4-15)22-20-24(19(26)14-29-20)12-17-2-1-9-28-17/h1-6,9H,7-8,10-14H2,(H,21,25). The second-order valence-corrected chi connectivity index (χ2v) is 9.93. The number of amides is 2. The highest BCUT2D eigenvalue weighted by molar-refractivity contribution is 8.15. The zero-order chi connectivity index (χ0) is 20.1. The first-order valence-electron chi connectivity index (χ1n) is 9.41. The highest BCUT2D eigenvalue weighted by atomic mass is 32.2. The lowest BCUT2D eigenvalue weighted by Gasteiger charge is -2.25. The minimum absolute atomic E-state index is 0.00929. The van der Waals surface area contributed by atoms with Crippen LogP contribution in [-0.2, 0) is 16.1 Å². The maximum Gasteiger partial charge on any atom is 0.239 e. The second-order valence-electron chi connectivity index (χ2n) is 6.73. The number of rotatable bonds is 6. The minimum atomic E-state index is 0.00929. The van der Waals surface area contributed by atoms with Gasteiger partial charge >= 0.3 is 0 Å². The van der Waals surface area contributed by atoms with Crippen molar-refractivity contribution in [3.8, 4) is 0 Å². The highest BCUT2D eigenvalue weighted by Gasteiger charge is 2.28. The lowest BCUT2D eigenvalue weighted by Crippen LogP contribution is -2.38. The van der Waals surface area contributed by atoms with E-state index in [9.17, 15) is 9.59 Å². The molecule has 3 heterocycles. The monoisotopic (exact) mass is 446 g/mol. The summed E-state index contributed by atoms with van der Waals surface area (Å²) in [7, 11) is 0. The van der Waals surface area contributed by atoms with Gasteiger partial charge in [-0.3, -0.25) is 19.4 Å². The van der Waals surface area contributed by atoms with Gasteiger partial charge in [-0.1, -0.05) is 17.8 Å². The summed E-state index contributed by atoms with van der Waals surface area (Å²) in [6.45, 7) is 2.92. The largest absolute Gasteiger partial charge is 0.325 e. The van der Waals surface area contributed by atoms with Gasteiger partial charge in [0.2, 0.25) is 11.8 Å². The van der Waals surface area contributed by atoms with E-state index in [0.717, 1.165) is 46.0 Å². The average Bonchev–Trinajstić information content (AvgIpc) is 3.36. The van der Waals surface area contributed by atoms with E-state index in [4.69, 9.17) is 0 Å². The van der Waals surface area contributed by atoms with Crippen LogP contribution in [0.1, 0.15) is 4.88 Å². The van der Waals surface area contributed by atoms with Crippen LogP contribution in [0.5, 0.6) is 0 Å². The first-order chi connectivity index (χ1) is 14.2. The van der Waals surface area contributed by atoms with Crippen LogP contribution in [0.15, 0.2) is 46.8 Å². The Hall–Kier alpha value is -1.81. The normalized spacial score (nSPS) is 19.1. The Bertz CT molecular complexity index is 878. The third-order valence-corrected chi connectivity index (χ3v) is 7.36. The van der Waals surface area contributed by atoms with Crippen molar-refractivity contribution < 1.29 is 9.59 Å². The molecule has 1 N–H and O–H groups in total. The van der Waals surface area contributed by atoms with E-state index in [1.807, 2.05) is 53.5 Å². The van der Waals surface area contributed by atoms with E-state index in [2.05, 4.69) is 15.2 Å². The van der Waals surface area contributed by atoms with E-state index in [0.29, 0.717) is 18.8 Å². The number of aliphatic imine (C=N–C) groups is 1. The summed E-state index contributed by atoms with van der Waals surface area (Å²) in [5, 5.41) is 5.69. The molecule has 0 aliphatic carbocycles. The zero-order valence-corrected chi connectivity index (χ0v) is 18.3. The number of anilines is 1. The van der Waals surface area contributed by atoms with Gasteiger partial charge in [-0.05, 0) is 35.7 Å². The first kappa shape index (κ1) is 20.5. The first-order valence-corrected chi connectivity index (χ1v) is 12.4. The second kappa shape index (κ2) is 9.80. The third-order valence-electron chi connectivity index (χ3n) is 4.60. The fraction of sp³-hybridized carbons (Fsp3) is 0.350. The lowest BCUT2D eigenvalue weighted by molar-refractivity contribution is -0.124. The van der Waals surface area contributed by atoms with Gasteiger partial charge in [0.15, 0.2) is 5.17 Å². The number of hydrogen-bond acceptors (Lipinski definition) is 7. The molecule has 0 spiro atoms. The van der Waals surface area contributed by atoms with E-state index in [1.54, 1.807) is 16.2 Å². The summed E-state index contributed by atoms with van der Waals surface area (Å²) in [5.74, 6) is 2.70. The Labute approximate surface area is 182 Å². The number of carbonyl (C=O) groups is 2. The van der Waals surface area contributed by atoms with E-state index in [1.165, 1.54) is 11.8 Å². The van der Waals surface area contributed by atoms with Crippen LogP contribution in [0, 0.1) is 0 Å². The van der Waals surface area contributed by atoms with Crippen LogP contribution < -0.4 is 5.32 Å². The molecule has 2 amide bonds. The number of amidine groups is 1. The lowest BCUT2D eigenvalue weighted by atomic mass is 10.3. The topological polar surface area (TPSA) is 65.0 Å². The maximum absolute atomic E-state index is 12.2. The summed E-state index contributed by atoms with van der Waals surface area (Å²) in [6.07, 6.45) is 0. The van der Waals surface area contributed by atoms with Crippen molar-refractivity contribution in [1.29, 1.82) is 0 Å². The van der Waals surface area contributed by atoms with Gasteiger partial charge in [-0.25, -0.2) is 4.99 Å². The van der Waals surface area contributed by atoms with Gasteiger partial charge in [-0.15, -0.1) is 11.3 Å². The van der Waals surface area contributed by atoms with Crippen molar-refractivity contribution in [3.63, 3.8) is 0 Å². The molecule has 6 nitrogen and oxygen atoms in total. The summed E-state index contributed by atoms with van der Waals surface area (Å²) >= 11 is 5.03. The van der Waals surface area contributed by atoms with Gasteiger partial charge in [0, 0.05) is 35.2 Å². The maximum atomic E-state index is 12.2. The summed E-state index contributed by atoms with van der Waals surface area (Å²) in [5.41, 5.74) is 1.53. The molecule has 2 aliphatic rings. The zero-order valence-electron chi connectivity index (χ0n) is 15.9. The molecule has 0 saturated carbocycles. The number of thiophene rings is 1. The van der Waals surface area contributed by atoms with Gasteiger partial charge in [0.05, 0.1) is 24.5 Å². The van der Waals surface area contributed by atoms with Crippen molar-refractivity contribution in [2.45, 2.75) is 6.54 Å². The molecule has 0 unspecified atom stereocenters. The van der Waals surface area contributed by atoms with Crippen molar-refractivity contribution >= 4 is 63.2 Å². The van der Waals surface area contributed by atoms with Crippen LogP contribution in [0.4, 0.5) is 11.4 Å². The molecular formula is C20H22N4O2S3. The van der Waals surface area contributed by atoms with Gasteiger partial charge in [-0.2, -0.15) is 11.8 Å². The van der Waals surface area contributed by atoms with Crippen LogP contribution in [0.2, 0.25) is 0 Å². The Morgan fingerprint density at radius 1 is 1.14 bits per heavy atom. The Morgan fingerprint density at radius 3 is 2.66 bits per heavy atom. The Morgan fingerprint density at radius 2 is 1.93 bits per heavy atom. The van der Waals surface area contributed by atoms with Crippen LogP contribution in [-0.4, -0.2) is 63.7 Å². The van der Waals surface area contributed by atoms with Gasteiger partial charge in [0.1, 0.15) is 0 Å². The van der Waals surface area contributed by atoms with E-state index in [-0.39, 0.29) is 11.8 Å². The van der Waals surface area contributed by atoms with Crippen LogP contribution in [0.3, 0.4) is 0 Å². The molecule has 0 radical (unpaired) electrons. The molecule has 2 fully saturated rings. The smallest absolute Gasteiger partial charge is 0.239 e. The molecule has 2 aliphatic heterocycles. The molecule has 9 heteroatoms. The molecule has 2 aromatic rings. The predicted molar refractivity (Wildman–Crippen MR) is 123 cm³/mol. The molecule has 0 bridgehead atoms. The number of benzene rings is 1. The van der Waals surface area contributed by atoms with Gasteiger partial charge in [0.25, 0.3) is 0 Å². The Balaban J connectivity index is 1.36. The third kappa shape index (κ3) is 5.63. The van der Waals surface area contributed by atoms with Crippen molar-refractivity contribution in [1.82, 2.24) is 9.80 Å². The SMILES string of the molecule is O=C(CN1CCSCC1)Nc1ccc(N=C2SCC(=O)N2Cc2cccs2)cc1. The fourth-order valence-electron chi connectivity index (χ4n) is 3.09. The number of nitrogens with one attached hydrogen (secondary N) is 1. The molecule has 2 saturated heterocycles. The number of thioether (sulfide) groups is 2. The van der Waals surface area contributed by atoms with Crippen LogP contribution >= 0.6 is 34.9 Å². The quantitative estimate of drug-likeness (QED) is 0.736. The van der Waals surface area contributed by atoms with Crippen molar-refractivity contribution in [2.24, 2.45) is 4.99 Å². The molecule has 1 aromatic heterocycles. The molecule has 0 atom stereocenters. The van der Waals surface area contributed by atoms with E-state index >= 15 is 0 Å². The highest BCUT2D eigenvalue weighted by Crippen LogP contribution is 2.27. The van der Waals surface area contributed by atoms with Crippen molar-refractivity contribution in [3.05, 3.63) is 46.7 Å². The van der Waals surface area contributed by atoms with Gasteiger partial charge < -0.3 is 5.32 Å². The molecular weight excluding hydrogens is 424 g/mol. The molecule has 1 aromatic carbocycles. The summed E-state index contributed by atoms with van der Waals surface area (Å²) < 4.78 is 0. The average molecular weight is 447 g/mol. The predicted octanol–water partition coefficient (Wildman–Crippen LogP) is 3.50. The summed E-state index contributed by atoms with van der Waals surface area (Å²) in [4.78, 5) is 34.2.